The molecule has 1 fully saturated rings. The van der Waals surface area contributed by atoms with Crippen LogP contribution in [0.15, 0.2) is 53.7 Å². The van der Waals surface area contributed by atoms with Gasteiger partial charge in [0.15, 0.2) is 9.84 Å². The maximum Gasteiger partial charge on any atom is 0.319 e. The van der Waals surface area contributed by atoms with Crippen molar-refractivity contribution in [1.29, 1.82) is 0 Å². The van der Waals surface area contributed by atoms with Gasteiger partial charge in [0.05, 0.1) is 16.2 Å². The molecular weight excluding hydrogens is 350 g/mol. The number of benzene rings is 1. The van der Waals surface area contributed by atoms with Crippen molar-refractivity contribution in [3.63, 3.8) is 0 Å². The average molecular weight is 373 g/mol. The molecule has 0 saturated heterocycles. The predicted octanol–water partition coefficient (Wildman–Crippen LogP) is 3.68. The van der Waals surface area contributed by atoms with Crippen molar-refractivity contribution in [2.75, 3.05) is 5.32 Å². The topological polar surface area (TPSA) is 88.2 Å². The van der Waals surface area contributed by atoms with E-state index in [2.05, 4.69) is 15.6 Å². The third-order valence-corrected chi connectivity index (χ3v) is 6.98. The number of aromatic nitrogens is 1. The van der Waals surface area contributed by atoms with Gasteiger partial charge in [-0.3, -0.25) is 4.98 Å². The lowest BCUT2D eigenvalue weighted by Crippen LogP contribution is -2.31. The molecule has 1 aromatic heterocycles. The molecule has 0 bridgehead atoms. The van der Waals surface area contributed by atoms with E-state index >= 15 is 0 Å². The first-order valence-corrected chi connectivity index (χ1v) is 10.3. The van der Waals surface area contributed by atoms with E-state index in [0.717, 1.165) is 18.4 Å². The van der Waals surface area contributed by atoms with Crippen LogP contribution in [0.5, 0.6) is 0 Å². The standard InChI is InChI=1S/C19H23N3O3S/c1-14(15-9-11-20-12-10-15)21-19(23)22-16-5-4-8-18(13-16)26(24,25)17-6-2-3-7-17/h4-5,8-14,17H,2-3,6-7H2,1H3,(H2,21,22,23). The Labute approximate surface area is 154 Å². The molecule has 3 rings (SSSR count). The van der Waals surface area contributed by atoms with Crippen LogP contribution in [0.25, 0.3) is 0 Å². The van der Waals surface area contributed by atoms with Crippen LogP contribution in [0.4, 0.5) is 10.5 Å². The van der Waals surface area contributed by atoms with Gasteiger partial charge < -0.3 is 10.6 Å². The zero-order valence-electron chi connectivity index (χ0n) is 14.7. The highest BCUT2D eigenvalue weighted by Crippen LogP contribution is 2.30. The number of carbonyl (C=O) groups excluding carboxylic acids is 1. The van der Waals surface area contributed by atoms with Gasteiger partial charge >= 0.3 is 6.03 Å². The van der Waals surface area contributed by atoms with E-state index in [1.807, 2.05) is 19.1 Å². The maximum absolute atomic E-state index is 12.7. The Bertz CT molecular complexity index is 863. The van der Waals surface area contributed by atoms with Crippen LogP contribution in [0.1, 0.15) is 44.2 Å². The number of urea groups is 1. The number of nitrogens with zero attached hydrogens (tertiary/aromatic N) is 1. The minimum atomic E-state index is -3.34. The molecule has 2 amide bonds. The van der Waals surface area contributed by atoms with Crippen molar-refractivity contribution in [3.05, 3.63) is 54.4 Å². The smallest absolute Gasteiger partial charge is 0.319 e. The first kappa shape index (κ1) is 18.4. The largest absolute Gasteiger partial charge is 0.331 e. The van der Waals surface area contributed by atoms with Crippen molar-refractivity contribution in [1.82, 2.24) is 10.3 Å². The quantitative estimate of drug-likeness (QED) is 0.837. The van der Waals surface area contributed by atoms with E-state index in [4.69, 9.17) is 0 Å². The Morgan fingerprint density at radius 3 is 2.54 bits per heavy atom. The second-order valence-corrected chi connectivity index (χ2v) is 8.81. The van der Waals surface area contributed by atoms with Crippen LogP contribution in [-0.4, -0.2) is 24.7 Å². The number of amides is 2. The summed E-state index contributed by atoms with van der Waals surface area (Å²) in [6, 6.07) is 9.56. The molecule has 1 heterocycles. The van der Waals surface area contributed by atoms with Gasteiger partial charge in [-0.2, -0.15) is 0 Å². The molecule has 0 radical (unpaired) electrons. The summed E-state index contributed by atoms with van der Waals surface area (Å²) < 4.78 is 25.4. The molecule has 7 heteroatoms. The molecule has 1 atom stereocenters. The zero-order chi connectivity index (χ0) is 18.6. The van der Waals surface area contributed by atoms with E-state index in [-0.39, 0.29) is 22.2 Å². The van der Waals surface area contributed by atoms with Gasteiger partial charge in [-0.25, -0.2) is 13.2 Å². The summed E-state index contributed by atoms with van der Waals surface area (Å²) in [5.74, 6) is 0. The Morgan fingerprint density at radius 2 is 1.85 bits per heavy atom. The molecule has 1 unspecified atom stereocenters. The van der Waals surface area contributed by atoms with E-state index in [9.17, 15) is 13.2 Å². The van der Waals surface area contributed by atoms with Crippen molar-refractivity contribution < 1.29 is 13.2 Å². The van der Waals surface area contributed by atoms with E-state index in [1.165, 1.54) is 6.07 Å². The highest BCUT2D eigenvalue weighted by Gasteiger charge is 2.30. The summed E-state index contributed by atoms with van der Waals surface area (Å²) in [6.45, 7) is 1.87. The lowest BCUT2D eigenvalue weighted by Gasteiger charge is -2.16. The average Bonchev–Trinajstić information content (AvgIpc) is 3.18. The third kappa shape index (κ3) is 4.22. The molecule has 6 nitrogen and oxygen atoms in total. The minimum absolute atomic E-state index is 0.191. The van der Waals surface area contributed by atoms with Crippen LogP contribution < -0.4 is 10.6 Å². The molecule has 2 aromatic rings. The summed E-state index contributed by atoms with van der Waals surface area (Å²) >= 11 is 0. The summed E-state index contributed by atoms with van der Waals surface area (Å²) in [5, 5.41) is 5.24. The van der Waals surface area contributed by atoms with Gasteiger partial charge in [-0.15, -0.1) is 0 Å². The van der Waals surface area contributed by atoms with Gasteiger partial charge in [-0.05, 0) is 55.7 Å². The fourth-order valence-corrected chi connectivity index (χ4v) is 5.14. The maximum atomic E-state index is 12.7. The normalized spacial score (nSPS) is 16.2. The number of nitrogens with one attached hydrogen (secondary N) is 2. The lowest BCUT2D eigenvalue weighted by atomic mass is 10.1. The zero-order valence-corrected chi connectivity index (χ0v) is 15.5. The number of sulfone groups is 1. The minimum Gasteiger partial charge on any atom is -0.331 e. The molecule has 1 aromatic carbocycles. The number of anilines is 1. The van der Waals surface area contributed by atoms with Crippen molar-refractivity contribution in [3.8, 4) is 0 Å². The first-order chi connectivity index (χ1) is 12.5. The fourth-order valence-electron chi connectivity index (χ4n) is 3.24. The Hall–Kier alpha value is -2.41. The van der Waals surface area contributed by atoms with Crippen molar-refractivity contribution >= 4 is 21.6 Å². The van der Waals surface area contributed by atoms with E-state index < -0.39 is 9.84 Å². The number of hydrogen-bond acceptors (Lipinski definition) is 4. The van der Waals surface area contributed by atoms with Crippen LogP contribution in [0, 0.1) is 0 Å². The summed E-state index contributed by atoms with van der Waals surface area (Å²) in [5.41, 5.74) is 1.40. The Morgan fingerprint density at radius 1 is 1.15 bits per heavy atom. The van der Waals surface area contributed by atoms with Gasteiger partial charge in [0.25, 0.3) is 0 Å². The predicted molar refractivity (Wildman–Crippen MR) is 101 cm³/mol. The molecule has 1 aliphatic carbocycles. The van der Waals surface area contributed by atoms with Gasteiger partial charge in [-0.1, -0.05) is 18.9 Å². The molecule has 138 valence electrons. The van der Waals surface area contributed by atoms with E-state index in [1.54, 1.807) is 30.6 Å². The van der Waals surface area contributed by atoms with Crippen LogP contribution >= 0.6 is 0 Å². The molecule has 26 heavy (non-hydrogen) atoms. The monoisotopic (exact) mass is 373 g/mol. The first-order valence-electron chi connectivity index (χ1n) is 8.78. The molecule has 0 spiro atoms. The van der Waals surface area contributed by atoms with Gasteiger partial charge in [0, 0.05) is 18.1 Å². The highest BCUT2D eigenvalue weighted by molar-refractivity contribution is 7.92. The number of carbonyl (C=O) groups is 1. The van der Waals surface area contributed by atoms with Crippen molar-refractivity contribution in [2.24, 2.45) is 0 Å². The summed E-state index contributed by atoms with van der Waals surface area (Å²) in [7, 11) is -3.34. The van der Waals surface area contributed by atoms with Gasteiger partial charge in [0.1, 0.15) is 0 Å². The van der Waals surface area contributed by atoms with Crippen LogP contribution in [-0.2, 0) is 9.84 Å². The SMILES string of the molecule is CC(NC(=O)Nc1cccc(S(=O)(=O)C2CCCC2)c1)c1ccncc1. The van der Waals surface area contributed by atoms with Gasteiger partial charge in [0.2, 0.25) is 0 Å². The molecule has 1 saturated carbocycles. The van der Waals surface area contributed by atoms with Crippen molar-refractivity contribution in [2.45, 2.75) is 48.8 Å². The number of pyridine rings is 1. The Balaban J connectivity index is 1.67. The number of hydrogen-bond donors (Lipinski definition) is 2. The molecule has 0 aliphatic heterocycles. The molecule has 2 N–H and O–H groups in total. The number of rotatable bonds is 5. The van der Waals surface area contributed by atoms with Crippen LogP contribution in [0.3, 0.4) is 0 Å². The molecule has 1 aliphatic rings. The second kappa shape index (κ2) is 7.86. The summed E-state index contributed by atoms with van der Waals surface area (Å²) in [6.07, 6.45) is 6.67. The second-order valence-electron chi connectivity index (χ2n) is 6.58. The van der Waals surface area contributed by atoms with E-state index in [0.29, 0.717) is 18.5 Å². The summed E-state index contributed by atoms with van der Waals surface area (Å²) in [4.78, 5) is 16.4. The van der Waals surface area contributed by atoms with Crippen LogP contribution in [0.2, 0.25) is 0 Å². The third-order valence-electron chi connectivity index (χ3n) is 4.72. The molecular formula is C19H23N3O3S. The highest BCUT2D eigenvalue weighted by atomic mass is 32.2. The Kier molecular flexibility index (Phi) is 5.56. The fraction of sp³-hybridized carbons (Fsp3) is 0.368. The lowest BCUT2D eigenvalue weighted by molar-refractivity contribution is 0.249.